The molecule has 0 amide bonds. The van der Waals surface area contributed by atoms with Crippen LogP contribution in [0.1, 0.15) is 19.8 Å². The van der Waals surface area contributed by atoms with Gasteiger partial charge in [-0.1, -0.05) is 32.1 Å². The lowest BCUT2D eigenvalue weighted by atomic mass is 10.4. The Balaban J connectivity index is 4.06. The Kier molecular flexibility index (Phi) is 5.62. The van der Waals surface area contributed by atoms with Crippen molar-refractivity contribution in [3.8, 4) is 0 Å². The topological polar surface area (TPSA) is 43.4 Å². The Labute approximate surface area is 88.3 Å². The van der Waals surface area contributed by atoms with Crippen molar-refractivity contribution < 1.29 is 12.6 Å². The predicted octanol–water partition coefficient (Wildman–Crippen LogP) is 2.11. The molecular formula is C9H20O3SSi. The summed E-state index contributed by atoms with van der Waals surface area (Å²) in [7, 11) is -4.96. The van der Waals surface area contributed by atoms with Gasteiger partial charge in [-0.2, -0.15) is 8.42 Å². The summed E-state index contributed by atoms with van der Waals surface area (Å²) in [5, 5.41) is 0. The maximum absolute atomic E-state index is 11.3. The molecule has 14 heavy (non-hydrogen) atoms. The molecule has 0 bridgehead atoms. The molecule has 0 aliphatic heterocycles. The van der Waals surface area contributed by atoms with Crippen LogP contribution in [-0.4, -0.2) is 28.5 Å². The van der Waals surface area contributed by atoms with Gasteiger partial charge in [0.2, 0.25) is 0 Å². The second-order valence-electron chi connectivity index (χ2n) is 4.07. The first-order chi connectivity index (χ1) is 6.33. The van der Waals surface area contributed by atoms with Crippen LogP contribution in [0.3, 0.4) is 0 Å². The summed E-state index contributed by atoms with van der Waals surface area (Å²) >= 11 is 0. The van der Waals surface area contributed by atoms with Gasteiger partial charge in [-0.3, -0.25) is 4.18 Å². The summed E-state index contributed by atoms with van der Waals surface area (Å²) in [5.41, 5.74) is 1.84. The Hall–Kier alpha value is -0.133. The molecule has 0 aliphatic rings. The number of rotatable bonds is 7. The molecule has 3 nitrogen and oxygen atoms in total. The van der Waals surface area contributed by atoms with Crippen molar-refractivity contribution in [1.29, 1.82) is 0 Å². The largest absolute Gasteiger partial charge is 0.273 e. The normalized spacial score (nSPS) is 12.8. The molecule has 0 rings (SSSR count). The summed E-state index contributed by atoms with van der Waals surface area (Å²) < 4.78 is 27.6. The van der Waals surface area contributed by atoms with Gasteiger partial charge in [0.25, 0.3) is 10.1 Å². The monoisotopic (exact) mass is 236 g/mol. The van der Waals surface area contributed by atoms with Crippen LogP contribution in [0.2, 0.25) is 13.1 Å². The highest BCUT2D eigenvalue weighted by atomic mass is 32.2. The molecule has 0 unspecified atom stereocenters. The maximum Gasteiger partial charge on any atom is 0.267 e. The molecule has 0 saturated carbocycles. The van der Waals surface area contributed by atoms with E-state index in [4.69, 9.17) is 4.18 Å². The summed E-state index contributed by atoms with van der Waals surface area (Å²) in [6, 6.07) is 0. The number of unbranched alkanes of at least 4 members (excludes halogenated alkanes) is 1. The highest BCUT2D eigenvalue weighted by Crippen LogP contribution is 2.07. The highest BCUT2D eigenvalue weighted by molar-refractivity contribution is 7.86. The number of hydrogen-bond acceptors (Lipinski definition) is 3. The quantitative estimate of drug-likeness (QED) is 0.502. The lowest BCUT2D eigenvalue weighted by Gasteiger charge is -2.16. The third-order valence-corrected chi connectivity index (χ3v) is 5.38. The zero-order chi connectivity index (χ0) is 11.2. The Morgan fingerprint density at radius 3 is 2.43 bits per heavy atom. The first kappa shape index (κ1) is 13.9. The van der Waals surface area contributed by atoms with Crippen molar-refractivity contribution in [1.82, 2.24) is 0 Å². The van der Waals surface area contributed by atoms with Gasteiger partial charge in [0, 0.05) is 0 Å². The zero-order valence-electron chi connectivity index (χ0n) is 9.25. The van der Waals surface area contributed by atoms with Gasteiger partial charge in [-0.25, -0.2) is 0 Å². The molecule has 0 radical (unpaired) electrons. The van der Waals surface area contributed by atoms with Gasteiger partial charge in [0.1, 0.15) is 8.07 Å². The van der Waals surface area contributed by atoms with E-state index in [1.807, 2.05) is 25.7 Å². The van der Waals surface area contributed by atoms with E-state index in [0.29, 0.717) is 12.7 Å². The first-order valence-corrected chi connectivity index (χ1v) is 9.70. The fourth-order valence-corrected chi connectivity index (χ4v) is 3.49. The van der Waals surface area contributed by atoms with Crippen molar-refractivity contribution in [3.05, 3.63) is 12.3 Å². The van der Waals surface area contributed by atoms with E-state index < -0.39 is 18.2 Å². The number of hydrogen-bond donors (Lipinski definition) is 0. The van der Waals surface area contributed by atoms with Gasteiger partial charge in [0.15, 0.2) is 0 Å². The summed E-state index contributed by atoms with van der Waals surface area (Å²) in [5.74, 6) is 0.130. The third kappa shape index (κ3) is 6.34. The fourth-order valence-electron chi connectivity index (χ4n) is 0.681. The standard InChI is InChI=1S/C9H20O3SSi/c1-5-7-8-13(10,11)12-9-14(3,4)6-2/h6H,2,5,7-9H2,1,3-4H3. The molecule has 0 aliphatic carbocycles. The van der Waals surface area contributed by atoms with Crippen molar-refractivity contribution in [2.24, 2.45) is 0 Å². The maximum atomic E-state index is 11.3. The van der Waals surface area contributed by atoms with Crippen molar-refractivity contribution >= 4 is 18.2 Å². The molecule has 5 heteroatoms. The van der Waals surface area contributed by atoms with Gasteiger partial charge in [-0.15, -0.1) is 6.58 Å². The molecule has 0 atom stereocenters. The van der Waals surface area contributed by atoms with E-state index in [-0.39, 0.29) is 5.75 Å². The molecule has 0 saturated heterocycles. The van der Waals surface area contributed by atoms with E-state index >= 15 is 0 Å². The van der Waals surface area contributed by atoms with Gasteiger partial charge in [-0.05, 0) is 6.42 Å². The Bertz CT molecular complexity index is 270. The molecule has 0 aromatic heterocycles. The molecular weight excluding hydrogens is 216 g/mol. The van der Waals surface area contributed by atoms with E-state index in [0.717, 1.165) is 6.42 Å². The predicted molar refractivity (Wildman–Crippen MR) is 62.3 cm³/mol. The average molecular weight is 236 g/mol. The van der Waals surface area contributed by atoms with Crippen LogP contribution in [0.4, 0.5) is 0 Å². The van der Waals surface area contributed by atoms with E-state index in [1.54, 1.807) is 0 Å². The molecule has 84 valence electrons. The second kappa shape index (κ2) is 5.68. The van der Waals surface area contributed by atoms with Crippen LogP contribution >= 0.6 is 0 Å². The van der Waals surface area contributed by atoms with Crippen molar-refractivity contribution in [2.45, 2.75) is 32.9 Å². The zero-order valence-corrected chi connectivity index (χ0v) is 11.1. The Morgan fingerprint density at radius 1 is 1.43 bits per heavy atom. The summed E-state index contributed by atoms with van der Waals surface area (Å²) in [6.45, 7) is 9.68. The van der Waals surface area contributed by atoms with Crippen LogP contribution in [-0.2, 0) is 14.3 Å². The minimum absolute atomic E-state index is 0.130. The molecule has 0 spiro atoms. The molecule has 0 N–H and O–H groups in total. The molecule has 0 fully saturated rings. The fraction of sp³-hybridized carbons (Fsp3) is 0.778. The van der Waals surface area contributed by atoms with Crippen LogP contribution < -0.4 is 0 Å². The second-order valence-corrected chi connectivity index (χ2v) is 10.5. The van der Waals surface area contributed by atoms with E-state index in [2.05, 4.69) is 6.58 Å². The summed E-state index contributed by atoms with van der Waals surface area (Å²) in [6.07, 6.45) is 1.84. The van der Waals surface area contributed by atoms with Crippen LogP contribution in [0, 0.1) is 0 Å². The molecule has 0 aromatic carbocycles. The van der Waals surface area contributed by atoms with Crippen molar-refractivity contribution in [3.63, 3.8) is 0 Å². The van der Waals surface area contributed by atoms with Gasteiger partial charge >= 0.3 is 0 Å². The smallest absolute Gasteiger partial charge is 0.267 e. The lowest BCUT2D eigenvalue weighted by molar-refractivity contribution is 0.369. The van der Waals surface area contributed by atoms with Crippen molar-refractivity contribution in [2.75, 3.05) is 12.0 Å². The van der Waals surface area contributed by atoms with E-state index in [9.17, 15) is 8.42 Å². The van der Waals surface area contributed by atoms with E-state index in [1.165, 1.54) is 0 Å². The summed E-state index contributed by atoms with van der Waals surface area (Å²) in [4.78, 5) is 0. The molecule has 0 heterocycles. The average Bonchev–Trinajstić information content (AvgIpc) is 2.12. The third-order valence-electron chi connectivity index (χ3n) is 1.91. The minimum atomic E-state index is -3.30. The lowest BCUT2D eigenvalue weighted by Crippen LogP contribution is -2.32. The van der Waals surface area contributed by atoms with Crippen LogP contribution in [0.25, 0.3) is 0 Å². The SMILES string of the molecule is C=C[Si](C)(C)COS(=O)(=O)CCCC. The molecule has 0 aromatic rings. The van der Waals surface area contributed by atoms with Crippen LogP contribution in [0.5, 0.6) is 0 Å². The highest BCUT2D eigenvalue weighted by Gasteiger charge is 2.20. The van der Waals surface area contributed by atoms with Crippen LogP contribution in [0.15, 0.2) is 12.3 Å². The minimum Gasteiger partial charge on any atom is -0.273 e. The van der Waals surface area contributed by atoms with Gasteiger partial charge < -0.3 is 0 Å². The Morgan fingerprint density at radius 2 is 2.00 bits per heavy atom. The van der Waals surface area contributed by atoms with Gasteiger partial charge in [0.05, 0.1) is 12.0 Å². The first-order valence-electron chi connectivity index (χ1n) is 4.83.